The number of nitrogens with one attached hydrogen (secondary N) is 2. The van der Waals surface area contributed by atoms with Crippen LogP contribution >= 0.6 is 15.9 Å². The predicted molar refractivity (Wildman–Crippen MR) is 96.5 cm³/mol. The fourth-order valence-electron chi connectivity index (χ4n) is 1.87. The van der Waals surface area contributed by atoms with Gasteiger partial charge in [0.2, 0.25) is 11.8 Å². The van der Waals surface area contributed by atoms with E-state index in [2.05, 4.69) is 26.6 Å². The van der Waals surface area contributed by atoms with Gasteiger partial charge in [0.25, 0.3) is 0 Å². The molecule has 2 amide bonds. The van der Waals surface area contributed by atoms with E-state index < -0.39 is 0 Å². The standard InChI is InChI=1S/C18H17BrN2O2/c1-12-3-6-16(11-13(12)2)21-18(23)10-9-17(22)20-15-7-4-14(19)5-8-15/h3-11H,1-2H3,(H,20,22)(H,21,23)/b10-9-. The number of aryl methyl sites for hydroxylation is 2. The lowest BCUT2D eigenvalue weighted by Gasteiger charge is -2.05. The van der Waals surface area contributed by atoms with Crippen molar-refractivity contribution in [3.8, 4) is 0 Å². The first kappa shape index (κ1) is 17.0. The summed E-state index contributed by atoms with van der Waals surface area (Å²) in [5, 5.41) is 5.40. The van der Waals surface area contributed by atoms with E-state index in [9.17, 15) is 9.59 Å². The Hall–Kier alpha value is -2.40. The molecule has 0 bridgehead atoms. The highest BCUT2D eigenvalue weighted by molar-refractivity contribution is 9.10. The van der Waals surface area contributed by atoms with Crippen molar-refractivity contribution in [2.24, 2.45) is 0 Å². The van der Waals surface area contributed by atoms with Crippen molar-refractivity contribution in [3.05, 3.63) is 70.2 Å². The van der Waals surface area contributed by atoms with Crippen molar-refractivity contribution >= 4 is 39.1 Å². The van der Waals surface area contributed by atoms with Gasteiger partial charge < -0.3 is 10.6 Å². The molecule has 4 nitrogen and oxygen atoms in total. The number of carbonyl (C=O) groups is 2. The zero-order chi connectivity index (χ0) is 16.8. The normalized spacial score (nSPS) is 10.6. The van der Waals surface area contributed by atoms with Gasteiger partial charge in [-0.05, 0) is 61.4 Å². The fraction of sp³-hybridized carbons (Fsp3) is 0.111. The van der Waals surface area contributed by atoms with Gasteiger partial charge in [-0.3, -0.25) is 9.59 Å². The Bertz CT molecular complexity index is 752. The van der Waals surface area contributed by atoms with Crippen molar-refractivity contribution in [2.45, 2.75) is 13.8 Å². The van der Waals surface area contributed by atoms with Crippen LogP contribution < -0.4 is 10.6 Å². The van der Waals surface area contributed by atoms with Crippen molar-refractivity contribution in [3.63, 3.8) is 0 Å². The Morgan fingerprint density at radius 1 is 0.826 bits per heavy atom. The average molecular weight is 373 g/mol. The number of rotatable bonds is 4. The number of amides is 2. The predicted octanol–water partition coefficient (Wildman–Crippen LogP) is 4.20. The van der Waals surface area contributed by atoms with E-state index in [-0.39, 0.29) is 11.8 Å². The molecule has 0 unspecified atom stereocenters. The second-order valence-electron chi connectivity index (χ2n) is 5.12. The first-order valence-electron chi connectivity index (χ1n) is 7.07. The lowest BCUT2D eigenvalue weighted by molar-refractivity contribution is -0.114. The first-order chi connectivity index (χ1) is 10.9. The number of anilines is 2. The van der Waals surface area contributed by atoms with Gasteiger partial charge in [0.05, 0.1) is 0 Å². The summed E-state index contributed by atoms with van der Waals surface area (Å²) in [6, 6.07) is 12.8. The molecule has 0 spiro atoms. The van der Waals surface area contributed by atoms with Crippen molar-refractivity contribution < 1.29 is 9.59 Å². The molecular weight excluding hydrogens is 356 g/mol. The smallest absolute Gasteiger partial charge is 0.248 e. The van der Waals surface area contributed by atoms with Gasteiger partial charge in [-0.2, -0.15) is 0 Å². The zero-order valence-electron chi connectivity index (χ0n) is 12.9. The molecule has 5 heteroatoms. The maximum atomic E-state index is 11.8. The van der Waals surface area contributed by atoms with Crippen LogP contribution in [0.3, 0.4) is 0 Å². The fourth-order valence-corrected chi connectivity index (χ4v) is 2.14. The molecule has 0 aliphatic rings. The Labute approximate surface area is 143 Å². The summed E-state index contributed by atoms with van der Waals surface area (Å²) in [4.78, 5) is 23.6. The second kappa shape index (κ2) is 7.74. The average Bonchev–Trinajstić information content (AvgIpc) is 2.51. The Morgan fingerprint density at radius 3 is 1.91 bits per heavy atom. The minimum Gasteiger partial charge on any atom is -0.323 e. The van der Waals surface area contributed by atoms with Gasteiger partial charge in [0, 0.05) is 28.0 Å². The number of benzene rings is 2. The summed E-state index contributed by atoms with van der Waals surface area (Å²) in [5.41, 5.74) is 3.63. The van der Waals surface area contributed by atoms with E-state index in [1.165, 1.54) is 12.2 Å². The van der Waals surface area contributed by atoms with Crippen molar-refractivity contribution in [2.75, 3.05) is 10.6 Å². The molecule has 0 saturated heterocycles. The lowest BCUT2D eigenvalue weighted by atomic mass is 10.1. The minimum atomic E-state index is -0.359. The molecule has 0 heterocycles. The molecule has 0 saturated carbocycles. The van der Waals surface area contributed by atoms with Gasteiger partial charge in [-0.1, -0.05) is 22.0 Å². The van der Waals surface area contributed by atoms with Crippen LogP contribution in [0, 0.1) is 13.8 Å². The topological polar surface area (TPSA) is 58.2 Å². The molecule has 0 radical (unpaired) electrons. The van der Waals surface area contributed by atoms with Gasteiger partial charge in [-0.25, -0.2) is 0 Å². The third-order valence-corrected chi connectivity index (χ3v) is 3.80. The Kier molecular flexibility index (Phi) is 5.71. The quantitative estimate of drug-likeness (QED) is 0.790. The summed E-state index contributed by atoms with van der Waals surface area (Å²) in [6.45, 7) is 3.99. The molecule has 0 aliphatic carbocycles. The van der Waals surface area contributed by atoms with Crippen LogP contribution in [0.25, 0.3) is 0 Å². The van der Waals surface area contributed by atoms with E-state index in [1.54, 1.807) is 12.1 Å². The molecule has 0 atom stereocenters. The van der Waals surface area contributed by atoms with Crippen molar-refractivity contribution in [1.82, 2.24) is 0 Å². The molecule has 2 aromatic carbocycles. The maximum absolute atomic E-state index is 11.8. The van der Waals surface area contributed by atoms with Gasteiger partial charge >= 0.3 is 0 Å². The summed E-state index contributed by atoms with van der Waals surface area (Å²) >= 11 is 3.32. The molecule has 0 fully saturated rings. The minimum absolute atomic E-state index is 0.348. The molecule has 118 valence electrons. The number of hydrogen-bond donors (Lipinski definition) is 2. The first-order valence-corrected chi connectivity index (χ1v) is 7.86. The van der Waals surface area contributed by atoms with Crippen LogP contribution in [0.2, 0.25) is 0 Å². The van der Waals surface area contributed by atoms with E-state index in [0.717, 1.165) is 15.6 Å². The van der Waals surface area contributed by atoms with Gasteiger partial charge in [-0.15, -0.1) is 0 Å². The Morgan fingerprint density at radius 2 is 1.35 bits per heavy atom. The monoisotopic (exact) mass is 372 g/mol. The molecule has 23 heavy (non-hydrogen) atoms. The van der Waals surface area contributed by atoms with E-state index >= 15 is 0 Å². The summed E-state index contributed by atoms with van der Waals surface area (Å²) in [6.07, 6.45) is 2.42. The zero-order valence-corrected chi connectivity index (χ0v) is 14.5. The summed E-state index contributed by atoms with van der Waals surface area (Å²) in [5.74, 6) is -0.707. The maximum Gasteiger partial charge on any atom is 0.248 e. The number of halogens is 1. The van der Waals surface area contributed by atoms with Crippen LogP contribution in [0.15, 0.2) is 59.1 Å². The molecule has 2 aromatic rings. The number of carbonyl (C=O) groups excluding carboxylic acids is 2. The highest BCUT2D eigenvalue weighted by atomic mass is 79.9. The lowest BCUT2D eigenvalue weighted by Crippen LogP contribution is -2.12. The van der Waals surface area contributed by atoms with Crippen LogP contribution in [-0.2, 0) is 9.59 Å². The van der Waals surface area contributed by atoms with Crippen LogP contribution in [0.1, 0.15) is 11.1 Å². The van der Waals surface area contributed by atoms with Gasteiger partial charge in [0.1, 0.15) is 0 Å². The van der Waals surface area contributed by atoms with Crippen LogP contribution in [0.5, 0.6) is 0 Å². The van der Waals surface area contributed by atoms with Crippen LogP contribution in [0.4, 0.5) is 11.4 Å². The second-order valence-corrected chi connectivity index (χ2v) is 6.03. The third-order valence-electron chi connectivity index (χ3n) is 3.27. The molecule has 0 aromatic heterocycles. The summed E-state index contributed by atoms with van der Waals surface area (Å²) < 4.78 is 0.929. The highest BCUT2D eigenvalue weighted by Crippen LogP contribution is 2.15. The van der Waals surface area contributed by atoms with E-state index in [4.69, 9.17) is 0 Å². The van der Waals surface area contributed by atoms with E-state index in [0.29, 0.717) is 11.4 Å². The molecule has 0 aliphatic heterocycles. The third kappa shape index (κ3) is 5.38. The summed E-state index contributed by atoms with van der Waals surface area (Å²) in [7, 11) is 0. The molecule has 2 rings (SSSR count). The van der Waals surface area contributed by atoms with Crippen LogP contribution in [-0.4, -0.2) is 11.8 Å². The SMILES string of the molecule is Cc1ccc(NC(=O)/C=C\C(=O)Nc2ccc(Br)cc2)cc1C. The highest BCUT2D eigenvalue weighted by Gasteiger charge is 2.02. The van der Waals surface area contributed by atoms with Gasteiger partial charge in [0.15, 0.2) is 0 Å². The van der Waals surface area contributed by atoms with E-state index in [1.807, 2.05) is 44.2 Å². The largest absolute Gasteiger partial charge is 0.323 e. The number of hydrogen-bond acceptors (Lipinski definition) is 2. The molecule has 2 N–H and O–H groups in total. The van der Waals surface area contributed by atoms with Crippen molar-refractivity contribution in [1.29, 1.82) is 0 Å². The Balaban J connectivity index is 1.90. The molecular formula is C18H17BrN2O2.